The third-order valence-corrected chi connectivity index (χ3v) is 2.57. The molecule has 1 aromatic carbocycles. The Bertz CT molecular complexity index is 376. The molecule has 3 heteroatoms. The number of benzene rings is 1. The summed E-state index contributed by atoms with van der Waals surface area (Å²) in [4.78, 5) is 13.4. The van der Waals surface area contributed by atoms with Crippen LogP contribution in [0.15, 0.2) is 18.2 Å². The van der Waals surface area contributed by atoms with Crippen molar-refractivity contribution in [1.82, 2.24) is 0 Å². The van der Waals surface area contributed by atoms with E-state index in [0.717, 1.165) is 13.0 Å². The monoisotopic (exact) mass is 193 g/mol. The lowest BCUT2D eigenvalue weighted by atomic mass is 10.1. The van der Waals surface area contributed by atoms with Crippen molar-refractivity contribution >= 4 is 11.5 Å². The number of carbonyl (C=O) groups is 1. The number of anilines is 1. The third-order valence-electron chi connectivity index (χ3n) is 2.57. The maximum Gasteiger partial charge on any atom is 0.165 e. The van der Waals surface area contributed by atoms with Crippen LogP contribution in [0.25, 0.3) is 0 Å². The molecule has 0 atom stereocenters. The van der Waals surface area contributed by atoms with Crippen molar-refractivity contribution in [3.63, 3.8) is 0 Å². The van der Waals surface area contributed by atoms with Crippen LogP contribution in [0.1, 0.15) is 23.2 Å². The van der Waals surface area contributed by atoms with Gasteiger partial charge in [-0.15, -0.1) is 0 Å². The number of para-hydroxylation sites is 1. The number of nitrogens with zero attached hydrogens (tertiary/aromatic N) is 1. The Morgan fingerprint density at radius 3 is 3.00 bits per heavy atom. The second-order valence-corrected chi connectivity index (χ2v) is 3.58. The average Bonchev–Trinajstić information content (AvgIpc) is 2.29. The fourth-order valence-electron chi connectivity index (χ4n) is 1.85. The zero-order valence-corrected chi connectivity index (χ0v) is 8.09. The van der Waals surface area contributed by atoms with Gasteiger partial charge >= 0.3 is 0 Å². The Balaban J connectivity index is 2.59. The fourth-order valence-corrected chi connectivity index (χ4v) is 1.85. The van der Waals surface area contributed by atoms with E-state index < -0.39 is 0 Å². The van der Waals surface area contributed by atoms with Gasteiger partial charge in [0.2, 0.25) is 0 Å². The van der Waals surface area contributed by atoms with E-state index >= 15 is 0 Å². The van der Waals surface area contributed by atoms with Gasteiger partial charge in [0, 0.05) is 25.6 Å². The van der Waals surface area contributed by atoms with E-state index in [1.807, 2.05) is 11.9 Å². The summed E-state index contributed by atoms with van der Waals surface area (Å²) in [5, 5.41) is 0. The van der Waals surface area contributed by atoms with Crippen molar-refractivity contribution in [1.29, 1.82) is 0 Å². The van der Waals surface area contributed by atoms with Gasteiger partial charge in [0.05, 0.1) is 5.69 Å². The highest BCUT2D eigenvalue weighted by atomic mass is 19.1. The molecule has 0 saturated carbocycles. The molecule has 0 spiro atoms. The van der Waals surface area contributed by atoms with E-state index in [2.05, 4.69) is 0 Å². The Hall–Kier alpha value is -1.38. The largest absolute Gasteiger partial charge is 0.372 e. The molecule has 0 saturated heterocycles. The average molecular weight is 193 g/mol. The zero-order valence-electron chi connectivity index (χ0n) is 8.09. The fraction of sp³-hybridized carbons (Fsp3) is 0.364. The molecule has 1 aliphatic rings. The zero-order chi connectivity index (χ0) is 10.1. The van der Waals surface area contributed by atoms with Gasteiger partial charge in [0.15, 0.2) is 5.78 Å². The van der Waals surface area contributed by atoms with Gasteiger partial charge < -0.3 is 4.90 Å². The van der Waals surface area contributed by atoms with Crippen LogP contribution < -0.4 is 4.90 Å². The van der Waals surface area contributed by atoms with Crippen molar-refractivity contribution in [3.8, 4) is 0 Å². The van der Waals surface area contributed by atoms with Gasteiger partial charge in [-0.05, 0) is 18.6 Å². The van der Waals surface area contributed by atoms with E-state index in [1.54, 1.807) is 12.1 Å². The number of hydrogen-bond donors (Lipinski definition) is 0. The number of rotatable bonds is 0. The van der Waals surface area contributed by atoms with Crippen LogP contribution in [0, 0.1) is 5.82 Å². The molecule has 0 aromatic heterocycles. The molecule has 0 N–H and O–H groups in total. The van der Waals surface area contributed by atoms with Gasteiger partial charge in [0.25, 0.3) is 0 Å². The Kier molecular flexibility index (Phi) is 2.23. The smallest absolute Gasteiger partial charge is 0.165 e. The molecule has 0 radical (unpaired) electrons. The molecular weight excluding hydrogens is 181 g/mol. The van der Waals surface area contributed by atoms with Crippen LogP contribution in [0.4, 0.5) is 10.1 Å². The predicted octanol–water partition coefficient (Wildman–Crippen LogP) is 2.24. The predicted molar refractivity (Wildman–Crippen MR) is 53.2 cm³/mol. The number of carbonyl (C=O) groups excluding carboxylic acids is 1. The Morgan fingerprint density at radius 1 is 1.43 bits per heavy atom. The SMILES string of the molecule is CN1CCCC(=O)c2cccc(F)c21. The van der Waals surface area contributed by atoms with E-state index in [1.165, 1.54) is 6.07 Å². The lowest BCUT2D eigenvalue weighted by Gasteiger charge is -2.18. The number of ketones is 1. The van der Waals surface area contributed by atoms with E-state index in [4.69, 9.17) is 0 Å². The summed E-state index contributed by atoms with van der Waals surface area (Å²) < 4.78 is 13.5. The summed E-state index contributed by atoms with van der Waals surface area (Å²) in [5.74, 6) is -0.260. The summed E-state index contributed by atoms with van der Waals surface area (Å²) in [6.07, 6.45) is 1.31. The molecule has 1 heterocycles. The van der Waals surface area contributed by atoms with Crippen molar-refractivity contribution in [2.75, 3.05) is 18.5 Å². The molecule has 0 bridgehead atoms. The highest BCUT2D eigenvalue weighted by Gasteiger charge is 2.21. The standard InChI is InChI=1S/C11H12FNO/c1-13-7-3-6-10(14)8-4-2-5-9(12)11(8)13/h2,4-5H,3,6-7H2,1H3. The van der Waals surface area contributed by atoms with E-state index in [-0.39, 0.29) is 11.6 Å². The second kappa shape index (κ2) is 3.40. The van der Waals surface area contributed by atoms with Crippen LogP contribution in [-0.4, -0.2) is 19.4 Å². The molecule has 1 aromatic rings. The van der Waals surface area contributed by atoms with E-state index in [9.17, 15) is 9.18 Å². The highest BCUT2D eigenvalue weighted by Crippen LogP contribution is 2.27. The quantitative estimate of drug-likeness (QED) is 0.629. The van der Waals surface area contributed by atoms with Crippen LogP contribution in [0.3, 0.4) is 0 Å². The van der Waals surface area contributed by atoms with Crippen LogP contribution in [-0.2, 0) is 0 Å². The second-order valence-electron chi connectivity index (χ2n) is 3.58. The minimum atomic E-state index is -0.305. The first-order valence-electron chi connectivity index (χ1n) is 4.73. The third kappa shape index (κ3) is 1.39. The molecule has 74 valence electrons. The van der Waals surface area contributed by atoms with Gasteiger partial charge in [-0.25, -0.2) is 4.39 Å². The topological polar surface area (TPSA) is 20.3 Å². The summed E-state index contributed by atoms with van der Waals surface area (Å²) >= 11 is 0. The summed E-state index contributed by atoms with van der Waals surface area (Å²) in [5.41, 5.74) is 0.972. The van der Waals surface area contributed by atoms with Crippen LogP contribution in [0.2, 0.25) is 0 Å². The van der Waals surface area contributed by atoms with Crippen LogP contribution in [0.5, 0.6) is 0 Å². The van der Waals surface area contributed by atoms with Gasteiger partial charge in [-0.3, -0.25) is 4.79 Å². The maximum atomic E-state index is 13.5. The van der Waals surface area contributed by atoms with Gasteiger partial charge in [0.1, 0.15) is 5.82 Å². The number of hydrogen-bond acceptors (Lipinski definition) is 2. The number of Topliss-reactive ketones (excluding diaryl/α,β-unsaturated/α-hetero) is 1. The highest BCUT2D eigenvalue weighted by molar-refractivity contribution is 6.02. The summed E-state index contributed by atoms with van der Waals surface area (Å²) in [6, 6.07) is 4.68. The molecule has 2 nitrogen and oxygen atoms in total. The summed E-state index contributed by atoms with van der Waals surface area (Å²) in [6.45, 7) is 0.736. The van der Waals surface area contributed by atoms with Crippen molar-refractivity contribution < 1.29 is 9.18 Å². The Morgan fingerprint density at radius 2 is 2.21 bits per heavy atom. The molecule has 1 aliphatic heterocycles. The van der Waals surface area contributed by atoms with E-state index in [0.29, 0.717) is 17.7 Å². The van der Waals surface area contributed by atoms with Gasteiger partial charge in [-0.2, -0.15) is 0 Å². The molecule has 14 heavy (non-hydrogen) atoms. The van der Waals surface area contributed by atoms with Crippen molar-refractivity contribution in [3.05, 3.63) is 29.6 Å². The minimum absolute atomic E-state index is 0.0452. The van der Waals surface area contributed by atoms with Gasteiger partial charge in [-0.1, -0.05) is 6.07 Å². The van der Waals surface area contributed by atoms with Crippen LogP contribution >= 0.6 is 0 Å². The normalized spacial score (nSPS) is 16.4. The first kappa shape index (κ1) is 9.19. The molecule has 0 unspecified atom stereocenters. The lowest BCUT2D eigenvalue weighted by Crippen LogP contribution is -2.19. The maximum absolute atomic E-state index is 13.5. The molecule has 0 amide bonds. The minimum Gasteiger partial charge on any atom is -0.372 e. The Labute approximate surface area is 82.3 Å². The first-order chi connectivity index (χ1) is 6.70. The number of halogens is 1. The van der Waals surface area contributed by atoms with Crippen molar-refractivity contribution in [2.24, 2.45) is 0 Å². The number of fused-ring (bicyclic) bond motifs is 1. The first-order valence-corrected chi connectivity index (χ1v) is 4.73. The summed E-state index contributed by atoms with van der Waals surface area (Å²) in [7, 11) is 1.82. The molecular formula is C11H12FNO. The van der Waals surface area contributed by atoms with Crippen molar-refractivity contribution in [2.45, 2.75) is 12.8 Å². The molecule has 0 aliphatic carbocycles. The lowest BCUT2D eigenvalue weighted by molar-refractivity contribution is 0.0983. The molecule has 2 rings (SSSR count). The molecule has 0 fully saturated rings.